The topological polar surface area (TPSA) is 109 Å². The lowest BCUT2D eigenvalue weighted by atomic mass is 10.2. The van der Waals surface area contributed by atoms with Crippen molar-refractivity contribution in [2.24, 2.45) is 5.16 Å². The van der Waals surface area contributed by atoms with Crippen molar-refractivity contribution in [3.8, 4) is 5.88 Å². The van der Waals surface area contributed by atoms with Gasteiger partial charge in [-0.3, -0.25) is 0 Å². The van der Waals surface area contributed by atoms with Gasteiger partial charge in [-0.05, 0) is 73.2 Å². The van der Waals surface area contributed by atoms with Gasteiger partial charge >= 0.3 is 6.09 Å². The Balaban J connectivity index is 2.03. The molecule has 0 saturated heterocycles. The van der Waals surface area contributed by atoms with E-state index in [0.29, 0.717) is 11.4 Å². The van der Waals surface area contributed by atoms with Gasteiger partial charge in [0.05, 0.1) is 6.21 Å². The molecule has 1 aromatic heterocycles. The SMILES string of the molecule is CN(C(=O)OC(C)(C)C)c1nc(Nc2ccc(I)cc2)c(/C=N/O)c(OCc2ccccc2)n1. The first-order valence-electron chi connectivity index (χ1n) is 10.4. The van der Waals surface area contributed by atoms with Gasteiger partial charge in [0.25, 0.3) is 0 Å². The molecule has 0 unspecified atom stereocenters. The molecule has 0 aliphatic heterocycles. The molecule has 0 fully saturated rings. The monoisotopic (exact) mass is 575 g/mol. The number of oxime groups is 1. The van der Waals surface area contributed by atoms with Crippen molar-refractivity contribution in [2.45, 2.75) is 33.0 Å². The van der Waals surface area contributed by atoms with Gasteiger partial charge in [-0.2, -0.15) is 9.97 Å². The standard InChI is InChI=1S/C24H26IN5O4/c1-24(2,3)34-23(31)30(4)22-28-20(27-18-12-10-17(25)11-13-18)19(14-26-32)21(29-22)33-15-16-8-6-5-7-9-16/h5-14,32H,15H2,1-4H3,(H,27,28,29)/b26-14+. The molecule has 0 aliphatic carbocycles. The van der Waals surface area contributed by atoms with Crippen LogP contribution < -0.4 is 15.0 Å². The molecule has 3 aromatic rings. The third-order valence-corrected chi connectivity index (χ3v) is 5.10. The Morgan fingerprint density at radius 3 is 2.44 bits per heavy atom. The van der Waals surface area contributed by atoms with E-state index in [1.807, 2.05) is 54.6 Å². The third kappa shape index (κ3) is 7.04. The molecule has 0 saturated carbocycles. The quantitative estimate of drug-likeness (QED) is 0.164. The first-order valence-corrected chi connectivity index (χ1v) is 11.5. The first kappa shape index (κ1) is 25.2. The molecule has 2 N–H and O–H groups in total. The molecule has 3 rings (SSSR count). The summed E-state index contributed by atoms with van der Waals surface area (Å²) in [6.45, 7) is 5.54. The third-order valence-electron chi connectivity index (χ3n) is 4.38. The highest BCUT2D eigenvalue weighted by atomic mass is 127. The van der Waals surface area contributed by atoms with E-state index in [2.05, 4.69) is 43.0 Å². The summed E-state index contributed by atoms with van der Waals surface area (Å²) in [5.41, 5.74) is 1.29. The van der Waals surface area contributed by atoms with Gasteiger partial charge in [-0.25, -0.2) is 9.69 Å². The van der Waals surface area contributed by atoms with Crippen LogP contribution in [-0.4, -0.2) is 40.1 Å². The van der Waals surface area contributed by atoms with Gasteiger partial charge in [0.1, 0.15) is 23.6 Å². The number of carbonyl (C=O) groups excluding carboxylic acids is 1. The normalized spacial score (nSPS) is 11.3. The molecular formula is C24H26IN5O4. The molecule has 1 amide bonds. The number of ether oxygens (including phenoxy) is 2. The van der Waals surface area contributed by atoms with Crippen LogP contribution in [0.5, 0.6) is 5.88 Å². The van der Waals surface area contributed by atoms with Gasteiger partial charge in [-0.15, -0.1) is 0 Å². The summed E-state index contributed by atoms with van der Waals surface area (Å²) in [6.07, 6.45) is 0.567. The number of nitrogens with one attached hydrogen (secondary N) is 1. The van der Waals surface area contributed by atoms with Crippen LogP contribution in [-0.2, 0) is 11.3 Å². The highest BCUT2D eigenvalue weighted by Gasteiger charge is 2.25. The number of hydrogen-bond donors (Lipinski definition) is 2. The van der Waals surface area contributed by atoms with Crippen molar-refractivity contribution in [1.29, 1.82) is 0 Å². The fourth-order valence-electron chi connectivity index (χ4n) is 2.77. The van der Waals surface area contributed by atoms with Crippen molar-refractivity contribution >= 4 is 52.4 Å². The molecule has 1 heterocycles. The van der Waals surface area contributed by atoms with Crippen molar-refractivity contribution in [3.63, 3.8) is 0 Å². The van der Waals surface area contributed by atoms with Crippen LogP contribution in [0.2, 0.25) is 0 Å². The number of nitrogens with zero attached hydrogens (tertiary/aromatic N) is 4. The Morgan fingerprint density at radius 1 is 1.15 bits per heavy atom. The van der Waals surface area contributed by atoms with E-state index in [-0.39, 0.29) is 18.4 Å². The van der Waals surface area contributed by atoms with Crippen LogP contribution in [0.15, 0.2) is 59.8 Å². The van der Waals surface area contributed by atoms with E-state index < -0.39 is 11.7 Å². The highest BCUT2D eigenvalue weighted by molar-refractivity contribution is 14.1. The summed E-state index contributed by atoms with van der Waals surface area (Å²) < 4.78 is 12.5. The molecule has 0 aliphatic rings. The second kappa shape index (κ2) is 11.1. The Morgan fingerprint density at radius 2 is 1.82 bits per heavy atom. The maximum Gasteiger partial charge on any atom is 0.416 e. The predicted molar refractivity (Wildman–Crippen MR) is 139 cm³/mol. The minimum Gasteiger partial charge on any atom is -0.472 e. The first-order chi connectivity index (χ1) is 16.2. The number of anilines is 3. The maximum absolute atomic E-state index is 12.7. The fourth-order valence-corrected chi connectivity index (χ4v) is 3.13. The van der Waals surface area contributed by atoms with E-state index in [4.69, 9.17) is 9.47 Å². The lowest BCUT2D eigenvalue weighted by Gasteiger charge is -2.24. The van der Waals surface area contributed by atoms with Gasteiger partial charge in [-0.1, -0.05) is 35.5 Å². The Kier molecular flexibility index (Phi) is 8.26. The van der Waals surface area contributed by atoms with E-state index in [0.717, 1.165) is 14.8 Å². The van der Waals surface area contributed by atoms with Crippen LogP contribution in [0.1, 0.15) is 31.9 Å². The van der Waals surface area contributed by atoms with E-state index in [9.17, 15) is 10.0 Å². The highest BCUT2D eigenvalue weighted by Crippen LogP contribution is 2.29. The molecule has 0 atom stereocenters. The van der Waals surface area contributed by atoms with Gasteiger partial charge in [0, 0.05) is 16.3 Å². The average molecular weight is 575 g/mol. The molecule has 0 bridgehead atoms. The molecule has 9 nitrogen and oxygen atoms in total. The summed E-state index contributed by atoms with van der Waals surface area (Å²) in [5, 5.41) is 15.7. The summed E-state index contributed by atoms with van der Waals surface area (Å²) >= 11 is 2.22. The van der Waals surface area contributed by atoms with E-state index in [1.54, 1.807) is 20.8 Å². The largest absolute Gasteiger partial charge is 0.472 e. The zero-order valence-corrected chi connectivity index (χ0v) is 21.5. The summed E-state index contributed by atoms with van der Waals surface area (Å²) in [6, 6.07) is 17.2. The van der Waals surface area contributed by atoms with Gasteiger partial charge in [0.2, 0.25) is 11.8 Å². The number of carbonyl (C=O) groups is 1. The van der Waals surface area contributed by atoms with Crippen LogP contribution >= 0.6 is 22.6 Å². The lowest BCUT2D eigenvalue weighted by Crippen LogP contribution is -2.35. The molecule has 0 spiro atoms. The smallest absolute Gasteiger partial charge is 0.416 e. The Hall–Kier alpha value is -3.41. The minimum atomic E-state index is -0.691. The predicted octanol–water partition coefficient (Wildman–Crippen LogP) is 5.58. The number of rotatable bonds is 7. The van der Waals surface area contributed by atoms with Crippen LogP contribution in [0, 0.1) is 3.57 Å². The lowest BCUT2D eigenvalue weighted by molar-refractivity contribution is 0.0587. The van der Waals surface area contributed by atoms with E-state index >= 15 is 0 Å². The number of benzene rings is 2. The second-order valence-corrected chi connectivity index (χ2v) is 9.53. The molecule has 0 radical (unpaired) electrons. The van der Waals surface area contributed by atoms with E-state index in [1.165, 1.54) is 18.2 Å². The second-order valence-electron chi connectivity index (χ2n) is 8.28. The van der Waals surface area contributed by atoms with Gasteiger partial charge in [0.15, 0.2) is 0 Å². The Bertz CT molecular complexity index is 1150. The molecule has 178 valence electrons. The van der Waals surface area contributed by atoms with Crippen LogP contribution in [0.4, 0.5) is 22.2 Å². The molecule has 34 heavy (non-hydrogen) atoms. The molecular weight excluding hydrogens is 549 g/mol. The van der Waals surface area contributed by atoms with Crippen molar-refractivity contribution < 1.29 is 19.5 Å². The number of halogens is 1. The maximum atomic E-state index is 12.7. The molecule has 2 aromatic carbocycles. The number of hydrogen-bond acceptors (Lipinski definition) is 8. The summed E-state index contributed by atoms with van der Waals surface area (Å²) in [7, 11) is 1.51. The molecule has 10 heteroatoms. The average Bonchev–Trinajstić information content (AvgIpc) is 2.79. The number of aromatic nitrogens is 2. The summed E-state index contributed by atoms with van der Waals surface area (Å²) in [5.74, 6) is 0.484. The zero-order chi connectivity index (χ0) is 24.7. The van der Waals surface area contributed by atoms with Crippen molar-refractivity contribution in [1.82, 2.24) is 9.97 Å². The Labute approximate surface area is 212 Å². The summed E-state index contributed by atoms with van der Waals surface area (Å²) in [4.78, 5) is 22.8. The van der Waals surface area contributed by atoms with Crippen molar-refractivity contribution in [2.75, 3.05) is 17.3 Å². The number of amides is 1. The fraction of sp³-hybridized carbons (Fsp3) is 0.250. The zero-order valence-electron chi connectivity index (χ0n) is 19.3. The van der Waals surface area contributed by atoms with Crippen molar-refractivity contribution in [3.05, 3.63) is 69.3 Å². The minimum absolute atomic E-state index is 0.0559. The van der Waals surface area contributed by atoms with Crippen LogP contribution in [0.25, 0.3) is 0 Å². The van der Waals surface area contributed by atoms with Gasteiger partial charge < -0.3 is 20.0 Å². The van der Waals surface area contributed by atoms with Crippen LogP contribution in [0.3, 0.4) is 0 Å².